The van der Waals surface area contributed by atoms with Gasteiger partial charge in [-0.25, -0.2) is 9.48 Å². The van der Waals surface area contributed by atoms with Crippen LogP contribution >= 0.6 is 11.6 Å². The number of ether oxygens (including phenoxy) is 2. The van der Waals surface area contributed by atoms with Gasteiger partial charge in [-0.05, 0) is 63.6 Å². The highest BCUT2D eigenvalue weighted by Gasteiger charge is 2.25. The first kappa shape index (κ1) is 30.1. The van der Waals surface area contributed by atoms with Crippen LogP contribution in [-0.2, 0) is 16.6 Å². The molecule has 1 N–H and O–H groups in total. The van der Waals surface area contributed by atoms with Crippen molar-refractivity contribution in [3.8, 4) is 22.9 Å². The molecule has 1 unspecified atom stereocenters. The van der Waals surface area contributed by atoms with Crippen LogP contribution in [0.3, 0.4) is 0 Å². The number of amides is 1. The molecule has 2 heterocycles. The van der Waals surface area contributed by atoms with Crippen LogP contribution in [0.5, 0.6) is 5.75 Å². The monoisotopic (exact) mass is 591 g/mol. The Morgan fingerprint density at radius 3 is 2.43 bits per heavy atom. The number of halogens is 1. The number of nitrogens with one attached hydrogen (secondary N) is 1. The number of carbonyl (C=O) groups is 2. The summed E-state index contributed by atoms with van der Waals surface area (Å²) in [5, 5.41) is 13.0. The second kappa shape index (κ2) is 11.6. The summed E-state index contributed by atoms with van der Waals surface area (Å²) in [4.78, 5) is 52.4. The molecule has 0 bridgehead atoms. The van der Waals surface area contributed by atoms with E-state index < -0.39 is 34.8 Å². The topological polar surface area (TPSA) is 137 Å². The summed E-state index contributed by atoms with van der Waals surface area (Å²) in [6, 6.07) is 11.7. The zero-order valence-corrected chi connectivity index (χ0v) is 24.8. The quantitative estimate of drug-likeness (QED) is 0.330. The minimum Gasteiger partial charge on any atom is -0.495 e. The number of anilines is 1. The lowest BCUT2D eigenvalue weighted by Gasteiger charge is -2.21. The van der Waals surface area contributed by atoms with Gasteiger partial charge < -0.3 is 14.8 Å². The van der Waals surface area contributed by atoms with Gasteiger partial charge in [0.1, 0.15) is 17.4 Å². The van der Waals surface area contributed by atoms with Crippen molar-refractivity contribution in [2.24, 2.45) is 7.05 Å². The van der Waals surface area contributed by atoms with Crippen LogP contribution in [0, 0.1) is 11.3 Å². The van der Waals surface area contributed by atoms with Gasteiger partial charge in [0.2, 0.25) is 5.91 Å². The van der Waals surface area contributed by atoms with Crippen LogP contribution < -0.4 is 21.2 Å². The minimum absolute atomic E-state index is 0.251. The highest BCUT2D eigenvalue weighted by atomic mass is 35.5. The van der Waals surface area contributed by atoms with Crippen LogP contribution in [0.1, 0.15) is 45.7 Å². The van der Waals surface area contributed by atoms with E-state index in [1.165, 1.54) is 43.1 Å². The van der Waals surface area contributed by atoms with Gasteiger partial charge in [0.15, 0.2) is 0 Å². The lowest BCUT2D eigenvalue weighted by Crippen LogP contribution is -2.33. The van der Waals surface area contributed by atoms with Crippen LogP contribution in [0.4, 0.5) is 10.5 Å². The second-order valence-corrected chi connectivity index (χ2v) is 11.0. The predicted octanol–water partition coefficient (Wildman–Crippen LogP) is 5.08. The average Bonchev–Trinajstić information content (AvgIpc) is 3.17. The molecule has 0 aliphatic heterocycles. The van der Waals surface area contributed by atoms with E-state index in [1.54, 1.807) is 52.0 Å². The normalized spacial score (nSPS) is 12.0. The van der Waals surface area contributed by atoms with Gasteiger partial charge in [0, 0.05) is 35.0 Å². The van der Waals surface area contributed by atoms with Crippen molar-refractivity contribution in [2.45, 2.75) is 45.8 Å². The number of methoxy groups -OCH3 is 1. The number of nitrogens with zero attached hydrogens (tertiary/aromatic N) is 4. The Labute approximate surface area is 246 Å². The van der Waals surface area contributed by atoms with Crippen LogP contribution in [0.15, 0.2) is 58.3 Å². The molecule has 0 aliphatic rings. The second-order valence-electron chi connectivity index (χ2n) is 10.6. The largest absolute Gasteiger partial charge is 0.495 e. The first-order valence-corrected chi connectivity index (χ1v) is 13.4. The molecule has 4 rings (SSSR count). The number of nitriles is 1. The molecule has 42 heavy (non-hydrogen) atoms. The van der Waals surface area contributed by atoms with Gasteiger partial charge in [-0.15, -0.1) is 0 Å². The molecule has 1 atom stereocenters. The van der Waals surface area contributed by atoms with E-state index in [9.17, 15) is 24.4 Å². The highest BCUT2D eigenvalue weighted by molar-refractivity contribution is 6.31. The number of pyridine rings is 1. The Balaban J connectivity index is 1.71. The molecular formula is C30H30ClN5O6. The third-order valence-electron chi connectivity index (χ3n) is 6.57. The predicted molar refractivity (Wildman–Crippen MR) is 159 cm³/mol. The van der Waals surface area contributed by atoms with Gasteiger partial charge >= 0.3 is 6.09 Å². The zero-order chi connectivity index (χ0) is 30.9. The number of hydrogen-bond donors (Lipinski definition) is 1. The van der Waals surface area contributed by atoms with Crippen molar-refractivity contribution in [2.75, 3.05) is 12.4 Å². The Morgan fingerprint density at radius 1 is 1.10 bits per heavy atom. The molecule has 0 spiro atoms. The van der Waals surface area contributed by atoms with Crippen molar-refractivity contribution in [1.29, 1.82) is 5.26 Å². The van der Waals surface area contributed by atoms with E-state index in [4.69, 9.17) is 21.1 Å². The van der Waals surface area contributed by atoms with Crippen LogP contribution in [-0.4, -0.2) is 38.6 Å². The lowest BCUT2D eigenvalue weighted by molar-refractivity contribution is -0.119. The van der Waals surface area contributed by atoms with E-state index in [2.05, 4.69) is 11.4 Å². The van der Waals surface area contributed by atoms with Crippen LogP contribution in [0.2, 0.25) is 5.02 Å². The first-order valence-electron chi connectivity index (χ1n) is 13.1. The molecular weight excluding hydrogens is 562 g/mol. The third kappa shape index (κ3) is 5.80. The first-order chi connectivity index (χ1) is 19.8. The number of benzene rings is 2. The maximum absolute atomic E-state index is 13.5. The summed E-state index contributed by atoms with van der Waals surface area (Å²) < 4.78 is 14.5. The molecule has 2 aromatic carbocycles. The summed E-state index contributed by atoms with van der Waals surface area (Å²) in [6.45, 7) is 6.90. The minimum atomic E-state index is -0.935. The Bertz CT molecular complexity index is 1870. The van der Waals surface area contributed by atoms with Crippen molar-refractivity contribution < 1.29 is 19.1 Å². The molecule has 2 aromatic heterocycles. The SMILES string of the molecule is CCC(C(=O)Nc1ccc2c(=O)n(C)n(C(=O)OC(C)(C)C)c2c1)n1cc(OC)c(-c2cc(Cl)ccc2C#N)cc1=O. The van der Waals surface area contributed by atoms with Crippen molar-refractivity contribution >= 4 is 40.2 Å². The van der Waals surface area contributed by atoms with Gasteiger partial charge in [-0.3, -0.25) is 19.0 Å². The van der Waals surface area contributed by atoms with Gasteiger partial charge in [-0.1, -0.05) is 18.5 Å². The number of carbonyl (C=O) groups excluding carboxylic acids is 2. The number of fused-ring (bicyclic) bond motifs is 1. The van der Waals surface area contributed by atoms with E-state index >= 15 is 0 Å². The van der Waals surface area contributed by atoms with Crippen LogP contribution in [0.25, 0.3) is 22.0 Å². The van der Waals surface area contributed by atoms with Gasteiger partial charge in [-0.2, -0.15) is 9.94 Å². The molecule has 12 heteroatoms. The number of rotatable bonds is 6. The Morgan fingerprint density at radius 2 is 1.81 bits per heavy atom. The van der Waals surface area contributed by atoms with Crippen molar-refractivity contribution in [3.63, 3.8) is 0 Å². The third-order valence-corrected chi connectivity index (χ3v) is 6.80. The van der Waals surface area contributed by atoms with Crippen molar-refractivity contribution in [1.82, 2.24) is 13.9 Å². The molecule has 0 radical (unpaired) electrons. The van der Waals surface area contributed by atoms with E-state index in [0.717, 1.165) is 9.36 Å². The maximum Gasteiger partial charge on any atom is 0.434 e. The molecule has 0 fully saturated rings. The summed E-state index contributed by atoms with van der Waals surface area (Å²) in [6.07, 6.45) is 0.934. The summed E-state index contributed by atoms with van der Waals surface area (Å²) in [7, 11) is 2.87. The molecule has 0 aliphatic carbocycles. The Hall–Kier alpha value is -4.82. The van der Waals surface area contributed by atoms with Crippen molar-refractivity contribution in [3.05, 3.63) is 80.0 Å². The lowest BCUT2D eigenvalue weighted by atomic mass is 10.00. The number of aromatic nitrogens is 3. The number of hydrogen-bond acceptors (Lipinski definition) is 7. The fourth-order valence-electron chi connectivity index (χ4n) is 4.63. The molecule has 11 nitrogen and oxygen atoms in total. The fraction of sp³-hybridized carbons (Fsp3) is 0.300. The molecule has 4 aromatic rings. The molecule has 0 saturated heterocycles. The average molecular weight is 592 g/mol. The molecule has 218 valence electrons. The summed E-state index contributed by atoms with van der Waals surface area (Å²) in [5.41, 5.74) is -0.0356. The van der Waals surface area contributed by atoms with E-state index in [0.29, 0.717) is 27.4 Å². The maximum atomic E-state index is 13.5. The Kier molecular flexibility index (Phi) is 8.31. The molecule has 0 saturated carbocycles. The van der Waals surface area contributed by atoms with Gasteiger partial charge in [0.25, 0.3) is 11.1 Å². The standard InChI is InChI=1S/C30H30ClN5O6/c1-7-23(35-16-25(41-6)22(14-26(35)37)21-12-18(31)9-8-17(21)15-32)27(38)33-19-10-11-20-24(13-19)36(34(5)28(20)39)29(40)42-30(2,3)4/h8-14,16,23H,7H2,1-6H3,(H,33,38). The zero-order valence-electron chi connectivity index (χ0n) is 24.0. The van der Waals surface area contributed by atoms with Gasteiger partial charge in [0.05, 0.1) is 35.8 Å². The smallest absolute Gasteiger partial charge is 0.434 e. The molecule has 1 amide bonds. The fourth-order valence-corrected chi connectivity index (χ4v) is 4.81. The summed E-state index contributed by atoms with van der Waals surface area (Å²) in [5.74, 6) is -0.233. The van der Waals surface area contributed by atoms with E-state index in [-0.39, 0.29) is 23.1 Å². The summed E-state index contributed by atoms with van der Waals surface area (Å²) >= 11 is 6.15. The van der Waals surface area contributed by atoms with E-state index in [1.807, 2.05) is 0 Å². The highest BCUT2D eigenvalue weighted by Crippen LogP contribution is 2.33.